The van der Waals surface area contributed by atoms with Gasteiger partial charge in [-0.05, 0) is 25.1 Å². The molecule has 0 radical (unpaired) electrons. The summed E-state index contributed by atoms with van der Waals surface area (Å²) < 4.78 is 39.4. The van der Waals surface area contributed by atoms with E-state index in [0.29, 0.717) is 11.3 Å². The zero-order valence-corrected chi connectivity index (χ0v) is 11.7. The molecule has 2 rings (SSSR count). The normalized spacial score (nSPS) is 11.1. The van der Waals surface area contributed by atoms with Crippen molar-refractivity contribution in [3.05, 3.63) is 44.9 Å². The van der Waals surface area contributed by atoms with E-state index in [2.05, 4.69) is 9.71 Å². The Morgan fingerprint density at radius 2 is 2.15 bits per heavy atom. The smallest absolute Gasteiger partial charge is 0.306 e. The van der Waals surface area contributed by atoms with Crippen molar-refractivity contribution >= 4 is 27.0 Å². The Balaban J connectivity index is 2.41. The minimum atomic E-state index is -3.96. The van der Waals surface area contributed by atoms with Crippen LogP contribution in [0.4, 0.5) is 10.1 Å². The van der Waals surface area contributed by atoms with Crippen LogP contribution in [0.25, 0.3) is 0 Å². The minimum absolute atomic E-state index is 0.0446. The lowest BCUT2D eigenvalue weighted by atomic mass is 10.2. The van der Waals surface area contributed by atoms with E-state index in [1.54, 1.807) is 6.07 Å². The lowest BCUT2D eigenvalue weighted by molar-refractivity contribution is 0.602. The van der Waals surface area contributed by atoms with Crippen molar-refractivity contribution < 1.29 is 12.8 Å². The topological polar surface area (TPSA) is 103 Å². The molecule has 20 heavy (non-hydrogen) atoms. The predicted molar refractivity (Wildman–Crippen MR) is 71.6 cm³/mol. The lowest BCUT2D eigenvalue weighted by Gasteiger charge is -2.07. The number of thiazole rings is 1. The van der Waals surface area contributed by atoms with Gasteiger partial charge < -0.3 is 4.98 Å². The Kier molecular flexibility index (Phi) is 3.61. The lowest BCUT2D eigenvalue weighted by Crippen LogP contribution is -2.13. The first kappa shape index (κ1) is 14.2. The van der Waals surface area contributed by atoms with Crippen LogP contribution < -0.4 is 9.60 Å². The first-order chi connectivity index (χ1) is 9.33. The molecule has 0 aliphatic heterocycles. The number of hydrogen-bond donors (Lipinski definition) is 2. The number of anilines is 1. The third kappa shape index (κ3) is 2.71. The molecule has 0 aliphatic rings. The van der Waals surface area contributed by atoms with Gasteiger partial charge in [0.2, 0.25) is 0 Å². The van der Waals surface area contributed by atoms with Gasteiger partial charge in [0.1, 0.15) is 11.9 Å². The summed E-state index contributed by atoms with van der Waals surface area (Å²) in [6.07, 6.45) is 0. The highest BCUT2D eigenvalue weighted by atomic mass is 32.2. The highest BCUT2D eigenvalue weighted by molar-refractivity contribution is 7.94. The van der Waals surface area contributed by atoms with Gasteiger partial charge in [0.05, 0.1) is 11.3 Å². The number of nitrogens with one attached hydrogen (secondary N) is 2. The number of halogens is 1. The van der Waals surface area contributed by atoms with Gasteiger partial charge in [0, 0.05) is 5.69 Å². The maximum absolute atomic E-state index is 13.1. The van der Waals surface area contributed by atoms with Crippen LogP contribution in [-0.4, -0.2) is 13.4 Å². The molecule has 0 bridgehead atoms. The molecule has 9 heteroatoms. The fourth-order valence-electron chi connectivity index (χ4n) is 1.52. The van der Waals surface area contributed by atoms with Crippen molar-refractivity contribution in [2.45, 2.75) is 11.1 Å². The van der Waals surface area contributed by atoms with Crippen molar-refractivity contribution in [1.82, 2.24) is 4.98 Å². The molecule has 0 unspecified atom stereocenters. The number of H-pyrrole nitrogens is 1. The second kappa shape index (κ2) is 5.07. The molecule has 6 nitrogen and oxygen atoms in total. The van der Waals surface area contributed by atoms with E-state index in [0.717, 1.165) is 12.1 Å². The molecule has 2 aromatic rings. The summed E-state index contributed by atoms with van der Waals surface area (Å²) in [4.78, 5) is 13.0. The summed E-state index contributed by atoms with van der Waals surface area (Å²) in [5.74, 6) is -0.738. The number of aromatic nitrogens is 1. The highest BCUT2D eigenvalue weighted by Gasteiger charge is 2.21. The van der Waals surface area contributed by atoms with Crippen LogP contribution >= 0.6 is 11.3 Å². The summed E-state index contributed by atoms with van der Waals surface area (Å²) in [6.45, 7) is 1.46. The fraction of sp³-hybridized carbons (Fsp3) is 0.0909. The molecule has 0 amide bonds. The van der Waals surface area contributed by atoms with Crippen LogP contribution in [0.15, 0.2) is 27.2 Å². The molecular formula is C11H8FN3O3S2. The summed E-state index contributed by atoms with van der Waals surface area (Å²) in [7, 11) is -3.96. The number of nitriles is 1. The summed E-state index contributed by atoms with van der Waals surface area (Å²) >= 11 is 0.553. The first-order valence-electron chi connectivity index (χ1n) is 5.25. The van der Waals surface area contributed by atoms with Gasteiger partial charge >= 0.3 is 4.87 Å². The Labute approximate surface area is 117 Å². The average Bonchev–Trinajstić information content (AvgIpc) is 2.71. The number of nitrogens with zero attached hydrogens (tertiary/aromatic N) is 1. The number of aryl methyl sites for hydroxylation is 1. The molecule has 1 aromatic heterocycles. The number of aromatic amines is 1. The molecule has 0 atom stereocenters. The maximum atomic E-state index is 13.1. The standard InChI is InChI=1S/C11H8FN3O3S2/c1-6-10(19-11(16)14-6)20(17,18)15-8-2-3-9(12)7(4-8)5-13/h2-4,15H,1H3,(H,14,16). The Morgan fingerprint density at radius 1 is 1.45 bits per heavy atom. The SMILES string of the molecule is Cc1[nH]c(=O)sc1S(=O)(=O)Nc1ccc(F)c(C#N)c1. The number of hydrogen-bond acceptors (Lipinski definition) is 5. The van der Waals surface area contributed by atoms with Crippen molar-refractivity contribution in [2.75, 3.05) is 4.72 Å². The van der Waals surface area contributed by atoms with Gasteiger partial charge in [-0.3, -0.25) is 9.52 Å². The highest BCUT2D eigenvalue weighted by Crippen LogP contribution is 2.21. The van der Waals surface area contributed by atoms with E-state index in [9.17, 15) is 17.6 Å². The van der Waals surface area contributed by atoms with E-state index in [1.165, 1.54) is 13.0 Å². The third-order valence-electron chi connectivity index (χ3n) is 2.36. The van der Waals surface area contributed by atoms with Gasteiger partial charge in [-0.1, -0.05) is 11.3 Å². The molecule has 0 spiro atoms. The van der Waals surface area contributed by atoms with E-state index < -0.39 is 20.7 Å². The van der Waals surface area contributed by atoms with Crippen molar-refractivity contribution in [1.29, 1.82) is 5.26 Å². The number of rotatable bonds is 3. The Morgan fingerprint density at radius 3 is 2.70 bits per heavy atom. The molecule has 2 N–H and O–H groups in total. The molecule has 0 fully saturated rings. The molecular weight excluding hydrogens is 305 g/mol. The van der Waals surface area contributed by atoms with Crippen LogP contribution in [0, 0.1) is 24.1 Å². The van der Waals surface area contributed by atoms with Gasteiger partial charge in [0.25, 0.3) is 10.0 Å². The quantitative estimate of drug-likeness (QED) is 0.897. The minimum Gasteiger partial charge on any atom is -0.315 e. The largest absolute Gasteiger partial charge is 0.315 e. The first-order valence-corrected chi connectivity index (χ1v) is 7.55. The van der Waals surface area contributed by atoms with Gasteiger partial charge in [-0.2, -0.15) is 5.26 Å². The number of sulfonamides is 1. The Bertz CT molecular complexity index is 862. The van der Waals surface area contributed by atoms with Gasteiger partial charge in [-0.25, -0.2) is 12.8 Å². The second-order valence-corrected chi connectivity index (χ2v) is 6.70. The molecule has 1 heterocycles. The van der Waals surface area contributed by atoms with Crippen LogP contribution in [0.3, 0.4) is 0 Å². The second-order valence-electron chi connectivity index (χ2n) is 3.84. The summed E-state index contributed by atoms with van der Waals surface area (Å²) in [6, 6.07) is 4.88. The van der Waals surface area contributed by atoms with Crippen LogP contribution in [0.1, 0.15) is 11.3 Å². The zero-order valence-electron chi connectivity index (χ0n) is 10.1. The van der Waals surface area contributed by atoms with Crippen LogP contribution in [-0.2, 0) is 10.0 Å². The van der Waals surface area contributed by atoms with Gasteiger partial charge in [0.15, 0.2) is 4.21 Å². The fourth-order valence-corrected chi connectivity index (χ4v) is 3.87. The molecule has 0 aliphatic carbocycles. The van der Waals surface area contributed by atoms with E-state index in [-0.39, 0.29) is 21.2 Å². The summed E-state index contributed by atoms with van der Waals surface area (Å²) in [5.41, 5.74) is -0.0116. The number of benzene rings is 1. The van der Waals surface area contributed by atoms with E-state index in [4.69, 9.17) is 5.26 Å². The zero-order chi connectivity index (χ0) is 14.9. The maximum Gasteiger partial charge on any atom is 0.306 e. The monoisotopic (exact) mass is 313 g/mol. The van der Waals surface area contributed by atoms with E-state index >= 15 is 0 Å². The van der Waals surface area contributed by atoms with Crippen molar-refractivity contribution in [3.8, 4) is 6.07 Å². The van der Waals surface area contributed by atoms with Crippen LogP contribution in [0.2, 0.25) is 0 Å². The molecule has 0 saturated heterocycles. The van der Waals surface area contributed by atoms with Crippen molar-refractivity contribution in [2.24, 2.45) is 0 Å². The average molecular weight is 313 g/mol. The predicted octanol–water partition coefficient (Wildman–Crippen LogP) is 1.56. The molecule has 1 aromatic carbocycles. The van der Waals surface area contributed by atoms with E-state index in [1.807, 2.05) is 0 Å². The molecule has 0 saturated carbocycles. The summed E-state index contributed by atoms with van der Waals surface area (Å²) in [5, 5.41) is 8.69. The van der Waals surface area contributed by atoms with Gasteiger partial charge in [-0.15, -0.1) is 0 Å². The van der Waals surface area contributed by atoms with Crippen molar-refractivity contribution in [3.63, 3.8) is 0 Å². The third-order valence-corrected chi connectivity index (χ3v) is 5.35. The van der Waals surface area contributed by atoms with Crippen LogP contribution in [0.5, 0.6) is 0 Å². The molecule has 104 valence electrons. The Hall–Kier alpha value is -2.18.